The number of alkyl halides is 3. The molecule has 0 radical (unpaired) electrons. The minimum atomic E-state index is -2.66. The Morgan fingerprint density at radius 1 is 1.17 bits per heavy atom. The lowest BCUT2D eigenvalue weighted by molar-refractivity contribution is -0.137. The summed E-state index contributed by atoms with van der Waals surface area (Å²) in [7, 11) is 0. The van der Waals surface area contributed by atoms with Crippen molar-refractivity contribution >= 4 is 17.9 Å². The van der Waals surface area contributed by atoms with Crippen LogP contribution in [0.4, 0.5) is 13.2 Å². The molecule has 8 heteroatoms. The van der Waals surface area contributed by atoms with Crippen molar-refractivity contribution in [3.05, 3.63) is 54.1 Å². The Kier molecular flexibility index (Phi) is 6.53. The third kappa shape index (κ3) is 4.59. The van der Waals surface area contributed by atoms with Crippen LogP contribution in [0.5, 0.6) is 5.75 Å². The van der Waals surface area contributed by atoms with Crippen molar-refractivity contribution in [1.82, 2.24) is 9.62 Å². The Bertz CT molecular complexity index is 898. The zero-order chi connectivity index (χ0) is 21.1. The van der Waals surface area contributed by atoms with Gasteiger partial charge >= 0.3 is 0 Å². The molecule has 0 spiro atoms. The summed E-state index contributed by atoms with van der Waals surface area (Å²) < 4.78 is 48.8. The summed E-state index contributed by atoms with van der Waals surface area (Å²) in [5, 5.41) is 0. The fourth-order valence-electron chi connectivity index (χ4n) is 4.20. The van der Waals surface area contributed by atoms with E-state index in [1.807, 2.05) is 48.5 Å². The first-order valence-electron chi connectivity index (χ1n) is 9.97. The van der Waals surface area contributed by atoms with E-state index in [2.05, 4.69) is 4.72 Å². The van der Waals surface area contributed by atoms with Crippen LogP contribution in [0.3, 0.4) is 0 Å². The first-order valence-corrected chi connectivity index (χ1v) is 10.8. The highest BCUT2D eigenvalue weighted by Gasteiger charge is 2.40. The van der Waals surface area contributed by atoms with Crippen LogP contribution < -0.4 is 9.46 Å². The van der Waals surface area contributed by atoms with Crippen molar-refractivity contribution in [3.8, 4) is 16.9 Å². The molecule has 2 heterocycles. The third-order valence-corrected chi connectivity index (χ3v) is 6.19. The molecule has 4 rings (SSSR count). The van der Waals surface area contributed by atoms with E-state index in [4.69, 9.17) is 4.74 Å². The molecule has 1 N–H and O–H groups in total. The Morgan fingerprint density at radius 2 is 2.00 bits per heavy atom. The van der Waals surface area contributed by atoms with Crippen molar-refractivity contribution in [2.24, 2.45) is 0 Å². The van der Waals surface area contributed by atoms with Gasteiger partial charge < -0.3 is 9.64 Å². The second-order valence-corrected chi connectivity index (χ2v) is 8.31. The number of ether oxygens (including phenoxy) is 1. The first kappa shape index (κ1) is 21.1. The van der Waals surface area contributed by atoms with Gasteiger partial charge in [0.1, 0.15) is 11.9 Å². The van der Waals surface area contributed by atoms with Crippen molar-refractivity contribution in [3.63, 3.8) is 0 Å². The third-order valence-electron chi connectivity index (χ3n) is 5.61. The summed E-state index contributed by atoms with van der Waals surface area (Å²) in [6, 6.07) is 14.0. The molecule has 0 saturated carbocycles. The molecule has 3 unspecified atom stereocenters. The zero-order valence-corrected chi connectivity index (χ0v) is 17.1. The van der Waals surface area contributed by atoms with Crippen LogP contribution in [-0.4, -0.2) is 48.0 Å². The number of fused-ring (bicyclic) bond motifs is 5. The highest BCUT2D eigenvalue weighted by atomic mass is 32.2. The molecule has 2 aromatic carbocycles. The van der Waals surface area contributed by atoms with Crippen molar-refractivity contribution in [1.29, 1.82) is 0 Å². The Morgan fingerprint density at radius 3 is 2.83 bits per heavy atom. The number of rotatable bonds is 3. The number of carbonyl (C=O) groups is 1. The Labute approximate surface area is 177 Å². The van der Waals surface area contributed by atoms with Crippen molar-refractivity contribution in [2.45, 2.75) is 43.3 Å². The largest absolute Gasteiger partial charge is 0.492 e. The summed E-state index contributed by atoms with van der Waals surface area (Å²) >= 11 is 0.206. The molecule has 30 heavy (non-hydrogen) atoms. The van der Waals surface area contributed by atoms with Gasteiger partial charge in [-0.05, 0) is 42.0 Å². The van der Waals surface area contributed by atoms with E-state index in [-0.39, 0.29) is 43.8 Å². The Balaban J connectivity index is 1.71. The second-order valence-electron chi connectivity index (χ2n) is 7.48. The fraction of sp³-hybridized carbons (Fsp3) is 0.409. The van der Waals surface area contributed by atoms with E-state index in [1.165, 1.54) is 0 Å². The molecule has 0 aromatic heterocycles. The maximum absolute atomic E-state index is 14.7. The predicted octanol–water partition coefficient (Wildman–Crippen LogP) is 4.45. The second kappa shape index (κ2) is 9.31. The van der Waals surface area contributed by atoms with Gasteiger partial charge in [0.25, 0.3) is 5.76 Å². The van der Waals surface area contributed by atoms with Crippen molar-refractivity contribution < 1.29 is 22.7 Å². The number of benzene rings is 2. The molecular weight excluding hydrogens is 413 g/mol. The number of carbonyl (C=O) groups excluding carboxylic acids is 1. The Hall–Kier alpha value is -2.19. The smallest absolute Gasteiger partial charge is 0.297 e. The molecular formula is C22H23F3N2O2S. The molecule has 1 fully saturated rings. The molecule has 1 saturated heterocycles. The maximum Gasteiger partial charge on any atom is 0.297 e. The van der Waals surface area contributed by atoms with Gasteiger partial charge in [-0.25, -0.2) is 4.39 Å². The molecule has 2 aliphatic heterocycles. The van der Waals surface area contributed by atoms with Crippen LogP contribution >= 0.6 is 11.9 Å². The van der Waals surface area contributed by atoms with Crippen LogP contribution in [0.25, 0.3) is 11.1 Å². The average molecular weight is 436 g/mol. The minimum absolute atomic E-state index is 0.118. The molecule has 2 aliphatic rings. The highest BCUT2D eigenvalue weighted by molar-refractivity contribution is 7.97. The van der Waals surface area contributed by atoms with Crippen LogP contribution in [0.15, 0.2) is 48.5 Å². The lowest BCUT2D eigenvalue weighted by Crippen LogP contribution is -2.60. The molecule has 0 aliphatic carbocycles. The van der Waals surface area contributed by atoms with Crippen LogP contribution in [0.2, 0.25) is 0 Å². The summed E-state index contributed by atoms with van der Waals surface area (Å²) in [4.78, 5) is 14.6. The van der Waals surface area contributed by atoms with Gasteiger partial charge in [0.05, 0.1) is 25.1 Å². The molecule has 1 amide bonds. The fourth-order valence-corrected chi connectivity index (χ4v) is 4.77. The zero-order valence-electron chi connectivity index (χ0n) is 16.3. The van der Waals surface area contributed by atoms with Crippen molar-refractivity contribution in [2.75, 3.05) is 13.2 Å². The standard InChI is InChI=1S/C22H23F3N2O2S/c23-17-8-10-27-18(21(17)26-30-22(24)25)13-14-4-3-5-15(12-14)16-6-1-2-7-19(16)29-11-9-20(27)28/h1-7,12,17-18,21-22,26H,8-11,13H2. The van der Waals surface area contributed by atoms with Gasteiger partial charge in [-0.1, -0.05) is 42.5 Å². The number of amides is 1. The van der Waals surface area contributed by atoms with E-state index >= 15 is 0 Å². The van der Waals surface area contributed by atoms with Gasteiger partial charge in [0.2, 0.25) is 5.91 Å². The quantitative estimate of drug-likeness (QED) is 0.722. The maximum atomic E-state index is 14.7. The van der Waals surface area contributed by atoms with Gasteiger partial charge in [-0.3, -0.25) is 9.52 Å². The molecule has 4 nitrogen and oxygen atoms in total. The lowest BCUT2D eigenvalue weighted by atomic mass is 9.89. The number of para-hydroxylation sites is 1. The van der Waals surface area contributed by atoms with Crippen LogP contribution in [-0.2, 0) is 11.2 Å². The van der Waals surface area contributed by atoms with E-state index in [0.29, 0.717) is 12.2 Å². The monoisotopic (exact) mass is 436 g/mol. The highest BCUT2D eigenvalue weighted by Crippen LogP contribution is 2.33. The summed E-state index contributed by atoms with van der Waals surface area (Å²) in [6.45, 7) is 0.458. The summed E-state index contributed by atoms with van der Waals surface area (Å²) in [6.07, 6.45) is -0.666. The van der Waals surface area contributed by atoms with E-state index in [0.717, 1.165) is 16.7 Å². The summed E-state index contributed by atoms with van der Waals surface area (Å²) in [5.74, 6) is -2.12. The first-order chi connectivity index (χ1) is 14.5. The predicted molar refractivity (Wildman–Crippen MR) is 111 cm³/mol. The van der Waals surface area contributed by atoms with Gasteiger partial charge in [-0.2, -0.15) is 8.78 Å². The number of nitrogens with zero attached hydrogens (tertiary/aromatic N) is 1. The molecule has 2 bridgehead atoms. The number of nitrogens with one attached hydrogen (secondary N) is 1. The van der Waals surface area contributed by atoms with Crippen LogP contribution in [0.1, 0.15) is 18.4 Å². The number of hydrogen-bond acceptors (Lipinski definition) is 4. The SMILES string of the molecule is O=C1CCOc2ccccc2-c2cccc(c2)CC2C(NSC(F)F)C(F)CCN12. The van der Waals surface area contributed by atoms with Gasteiger partial charge in [-0.15, -0.1) is 0 Å². The van der Waals surface area contributed by atoms with Gasteiger partial charge in [0.15, 0.2) is 0 Å². The minimum Gasteiger partial charge on any atom is -0.492 e. The number of piperidine rings is 1. The molecule has 2 aromatic rings. The van der Waals surface area contributed by atoms with E-state index < -0.39 is 24.0 Å². The number of halogens is 3. The van der Waals surface area contributed by atoms with Gasteiger partial charge in [0, 0.05) is 12.1 Å². The van der Waals surface area contributed by atoms with Crippen LogP contribution in [0, 0.1) is 0 Å². The normalized spacial score (nSPS) is 24.3. The number of hydrogen-bond donors (Lipinski definition) is 1. The molecule has 160 valence electrons. The van der Waals surface area contributed by atoms with E-state index in [1.54, 1.807) is 4.90 Å². The lowest BCUT2D eigenvalue weighted by Gasteiger charge is -2.43. The topological polar surface area (TPSA) is 41.6 Å². The summed E-state index contributed by atoms with van der Waals surface area (Å²) in [5.41, 5.74) is 2.79. The van der Waals surface area contributed by atoms with E-state index in [9.17, 15) is 18.0 Å². The average Bonchev–Trinajstić information content (AvgIpc) is 2.73. The molecule has 3 atom stereocenters.